The van der Waals surface area contributed by atoms with Gasteiger partial charge in [0, 0.05) is 12.0 Å². The Morgan fingerprint density at radius 2 is 2.00 bits per heavy atom. The summed E-state index contributed by atoms with van der Waals surface area (Å²) >= 11 is 6.03. The number of para-hydroxylation sites is 2. The third-order valence-electron chi connectivity index (χ3n) is 3.61. The Kier molecular flexibility index (Phi) is 5.01. The third kappa shape index (κ3) is 3.68. The molecule has 1 aliphatic heterocycles. The van der Waals surface area contributed by atoms with Gasteiger partial charge in [0.05, 0.1) is 17.3 Å². The van der Waals surface area contributed by atoms with Gasteiger partial charge in [-0.05, 0) is 31.2 Å². The lowest BCUT2D eigenvalue weighted by atomic mass is 10.0. The summed E-state index contributed by atoms with van der Waals surface area (Å²) < 4.78 is 11.1. The van der Waals surface area contributed by atoms with Crippen molar-refractivity contribution < 1.29 is 14.3 Å². The summed E-state index contributed by atoms with van der Waals surface area (Å²) in [7, 11) is 0. The third-order valence-corrected chi connectivity index (χ3v) is 3.92. The Hall–Kier alpha value is -2.53. The van der Waals surface area contributed by atoms with Crippen LogP contribution in [0.3, 0.4) is 0 Å². The molecule has 0 saturated heterocycles. The van der Waals surface area contributed by atoms with Crippen molar-refractivity contribution >= 4 is 23.2 Å². The predicted octanol–water partition coefficient (Wildman–Crippen LogP) is 3.41. The van der Waals surface area contributed by atoms with Crippen LogP contribution in [0.15, 0.2) is 53.6 Å². The molecule has 5 nitrogen and oxygen atoms in total. The average Bonchev–Trinajstić information content (AvgIpc) is 2.61. The fourth-order valence-electron chi connectivity index (χ4n) is 2.34. The van der Waals surface area contributed by atoms with Gasteiger partial charge in [-0.2, -0.15) is 5.10 Å². The lowest BCUT2D eigenvalue weighted by Gasteiger charge is -2.19. The maximum Gasteiger partial charge on any atom is 0.280 e. The van der Waals surface area contributed by atoms with Crippen LogP contribution in [0.2, 0.25) is 5.02 Å². The van der Waals surface area contributed by atoms with E-state index in [1.807, 2.05) is 24.3 Å². The highest BCUT2D eigenvalue weighted by molar-refractivity contribution is 6.32. The van der Waals surface area contributed by atoms with Gasteiger partial charge in [0.1, 0.15) is 11.5 Å². The van der Waals surface area contributed by atoms with E-state index in [1.165, 1.54) is 0 Å². The van der Waals surface area contributed by atoms with Gasteiger partial charge in [-0.1, -0.05) is 35.9 Å². The van der Waals surface area contributed by atoms with E-state index in [-0.39, 0.29) is 5.91 Å². The fourth-order valence-corrected chi connectivity index (χ4v) is 2.52. The number of nitrogens with zero attached hydrogens (tertiary/aromatic N) is 1. The molecule has 0 aliphatic carbocycles. The molecule has 0 aromatic heterocycles. The first-order chi connectivity index (χ1) is 11.6. The lowest BCUT2D eigenvalue weighted by molar-refractivity contribution is -0.127. The van der Waals surface area contributed by atoms with Gasteiger partial charge in [0.15, 0.2) is 6.10 Å². The Labute approximate surface area is 145 Å². The molecule has 0 unspecified atom stereocenters. The van der Waals surface area contributed by atoms with E-state index in [1.54, 1.807) is 31.2 Å². The molecule has 24 heavy (non-hydrogen) atoms. The number of hydrogen-bond acceptors (Lipinski definition) is 4. The van der Waals surface area contributed by atoms with Gasteiger partial charge in [0.25, 0.3) is 5.91 Å². The van der Waals surface area contributed by atoms with Crippen LogP contribution >= 0.6 is 11.6 Å². The van der Waals surface area contributed by atoms with Crippen LogP contribution in [0.5, 0.6) is 11.5 Å². The number of fused-ring (bicyclic) bond motifs is 1. The summed E-state index contributed by atoms with van der Waals surface area (Å²) in [5.74, 6) is 0.898. The highest BCUT2D eigenvalue weighted by atomic mass is 35.5. The number of carbonyl (C=O) groups excluding carboxylic acids is 1. The number of ether oxygens (including phenoxy) is 2. The minimum absolute atomic E-state index is 0.341. The number of nitrogens with one attached hydrogen (secondary N) is 1. The highest BCUT2D eigenvalue weighted by Gasteiger charge is 2.19. The van der Waals surface area contributed by atoms with Gasteiger partial charge in [-0.3, -0.25) is 4.79 Å². The molecule has 6 heteroatoms. The normalized spacial score (nSPS) is 16.0. The second-order valence-electron chi connectivity index (χ2n) is 5.32. The Morgan fingerprint density at radius 1 is 1.25 bits per heavy atom. The van der Waals surface area contributed by atoms with Gasteiger partial charge in [0.2, 0.25) is 0 Å². The molecule has 0 spiro atoms. The number of amides is 1. The summed E-state index contributed by atoms with van der Waals surface area (Å²) in [6.07, 6.45) is -0.0823. The Balaban J connectivity index is 1.66. The number of benzene rings is 2. The van der Waals surface area contributed by atoms with Crippen LogP contribution in [0, 0.1) is 0 Å². The van der Waals surface area contributed by atoms with E-state index in [0.29, 0.717) is 23.8 Å². The molecule has 1 amide bonds. The van der Waals surface area contributed by atoms with E-state index in [9.17, 15) is 4.79 Å². The van der Waals surface area contributed by atoms with Crippen LogP contribution in [-0.4, -0.2) is 24.3 Å². The van der Waals surface area contributed by atoms with Crippen molar-refractivity contribution in [3.8, 4) is 11.5 Å². The topological polar surface area (TPSA) is 59.9 Å². The Bertz CT molecular complexity index is 776. The lowest BCUT2D eigenvalue weighted by Crippen LogP contribution is -2.34. The fraction of sp³-hybridized carbons (Fsp3) is 0.222. The van der Waals surface area contributed by atoms with Gasteiger partial charge >= 0.3 is 0 Å². The molecule has 0 saturated carbocycles. The first-order valence-corrected chi connectivity index (χ1v) is 8.03. The van der Waals surface area contributed by atoms with E-state index >= 15 is 0 Å². The largest absolute Gasteiger partial charge is 0.492 e. The van der Waals surface area contributed by atoms with Crippen LogP contribution in [0.4, 0.5) is 0 Å². The van der Waals surface area contributed by atoms with E-state index in [0.717, 1.165) is 17.0 Å². The maximum absolute atomic E-state index is 12.2. The first kappa shape index (κ1) is 16.3. The van der Waals surface area contributed by atoms with Crippen molar-refractivity contribution in [2.24, 2.45) is 5.10 Å². The minimum Gasteiger partial charge on any atom is -0.492 e. The summed E-state index contributed by atoms with van der Waals surface area (Å²) in [4.78, 5) is 12.2. The molecule has 1 N–H and O–H groups in total. The van der Waals surface area contributed by atoms with Crippen molar-refractivity contribution in [2.45, 2.75) is 19.4 Å². The van der Waals surface area contributed by atoms with E-state index in [4.69, 9.17) is 21.1 Å². The van der Waals surface area contributed by atoms with E-state index < -0.39 is 6.10 Å². The van der Waals surface area contributed by atoms with Gasteiger partial charge in [-0.25, -0.2) is 5.43 Å². The van der Waals surface area contributed by atoms with E-state index in [2.05, 4.69) is 10.5 Å². The molecule has 0 bridgehead atoms. The van der Waals surface area contributed by atoms with Gasteiger partial charge in [-0.15, -0.1) is 0 Å². The molecule has 2 aromatic carbocycles. The monoisotopic (exact) mass is 344 g/mol. The average molecular weight is 345 g/mol. The summed E-state index contributed by atoms with van der Waals surface area (Å²) in [5.41, 5.74) is 4.24. The molecule has 2 aromatic rings. The molecule has 124 valence electrons. The zero-order chi connectivity index (χ0) is 16.9. The molecular weight excluding hydrogens is 328 g/mol. The van der Waals surface area contributed by atoms with Crippen LogP contribution in [0.25, 0.3) is 0 Å². The maximum atomic E-state index is 12.2. The summed E-state index contributed by atoms with van der Waals surface area (Å²) in [6, 6.07) is 14.6. The smallest absolute Gasteiger partial charge is 0.280 e. The standard InChI is InChI=1S/C18H17ClN2O3/c1-12(24-17-9-5-3-7-14(17)19)18(22)21-20-15-10-11-23-16-8-4-2-6-13(15)16/h2-9,12H,10-11H2,1H3,(H,21,22)/b20-15-/t12-/m1/s1. The summed E-state index contributed by atoms with van der Waals surface area (Å²) in [5, 5.41) is 4.69. The number of hydrogen-bond donors (Lipinski definition) is 1. The molecule has 3 rings (SSSR count). The SMILES string of the molecule is C[C@@H](Oc1ccccc1Cl)C(=O)N/N=C1/CCOc2ccccc21. The molecular formula is C18H17ClN2O3. The zero-order valence-electron chi connectivity index (χ0n) is 13.2. The first-order valence-electron chi connectivity index (χ1n) is 7.65. The molecule has 1 atom stereocenters. The highest BCUT2D eigenvalue weighted by Crippen LogP contribution is 2.25. The zero-order valence-corrected chi connectivity index (χ0v) is 13.9. The second-order valence-corrected chi connectivity index (χ2v) is 5.73. The molecule has 1 heterocycles. The quantitative estimate of drug-likeness (QED) is 0.865. The number of rotatable bonds is 4. The van der Waals surface area contributed by atoms with Crippen LogP contribution < -0.4 is 14.9 Å². The van der Waals surface area contributed by atoms with Crippen LogP contribution in [-0.2, 0) is 4.79 Å². The number of halogens is 1. The Morgan fingerprint density at radius 3 is 2.83 bits per heavy atom. The number of carbonyl (C=O) groups is 1. The predicted molar refractivity (Wildman–Crippen MR) is 92.8 cm³/mol. The second kappa shape index (κ2) is 7.36. The number of hydrazone groups is 1. The van der Waals surface area contributed by atoms with Gasteiger partial charge < -0.3 is 9.47 Å². The minimum atomic E-state index is -0.718. The molecule has 1 aliphatic rings. The summed E-state index contributed by atoms with van der Waals surface area (Å²) in [6.45, 7) is 2.19. The van der Waals surface area contributed by atoms with Crippen molar-refractivity contribution in [1.82, 2.24) is 5.43 Å². The van der Waals surface area contributed by atoms with Crippen molar-refractivity contribution in [3.05, 3.63) is 59.1 Å². The van der Waals surface area contributed by atoms with Crippen molar-refractivity contribution in [3.63, 3.8) is 0 Å². The molecule has 0 fully saturated rings. The molecule has 0 radical (unpaired) electrons. The van der Waals surface area contributed by atoms with Crippen molar-refractivity contribution in [1.29, 1.82) is 0 Å². The van der Waals surface area contributed by atoms with Crippen LogP contribution in [0.1, 0.15) is 18.9 Å². The van der Waals surface area contributed by atoms with Crippen molar-refractivity contribution in [2.75, 3.05) is 6.61 Å².